The maximum Gasteiger partial charge on any atom is 0.245 e. The quantitative estimate of drug-likeness (QED) is 0.422. The average Bonchev–Trinajstić information content (AvgIpc) is 3.50. The Kier molecular flexibility index (Phi) is 5.85. The van der Waals surface area contributed by atoms with E-state index in [0.29, 0.717) is 50.0 Å². The third-order valence-corrected chi connectivity index (χ3v) is 5.87. The number of aromatic nitrogens is 5. The lowest BCUT2D eigenvalue weighted by atomic mass is 10.1. The van der Waals surface area contributed by atoms with Crippen LogP contribution in [0.1, 0.15) is 15.9 Å². The van der Waals surface area contributed by atoms with Crippen molar-refractivity contribution in [3.05, 3.63) is 65.7 Å². The van der Waals surface area contributed by atoms with Gasteiger partial charge in [-0.25, -0.2) is 18.3 Å². The minimum Gasteiger partial charge on any atom is -0.339 e. The van der Waals surface area contributed by atoms with Crippen molar-refractivity contribution >= 4 is 35.3 Å². The van der Waals surface area contributed by atoms with Crippen molar-refractivity contribution in [1.82, 2.24) is 29.0 Å². The molecule has 0 saturated carbocycles. The van der Waals surface area contributed by atoms with E-state index in [1.54, 1.807) is 15.7 Å². The van der Waals surface area contributed by atoms with Gasteiger partial charge in [0.05, 0.1) is 12.7 Å². The molecule has 1 saturated heterocycles. The standard InChI is InChI=1S/C23H22F2N8O2/c1-30-12-20(26-14-30)27-22-19-3-2-4-33(19)29-23(28-22)32-7-5-31(6-8-32)21(35)11-16-17(24)9-15(13-34)10-18(16)25/h2-4,9-10,12-14H,5-8,11H2,1H3,(H,27,28,29). The number of hydrogen-bond acceptors (Lipinski definition) is 7. The number of nitrogens with zero attached hydrogens (tertiary/aromatic N) is 7. The number of hydrogen-bond donors (Lipinski definition) is 1. The van der Waals surface area contributed by atoms with Crippen molar-refractivity contribution in [2.45, 2.75) is 6.42 Å². The first-order chi connectivity index (χ1) is 16.9. The van der Waals surface area contributed by atoms with E-state index in [0.717, 1.165) is 17.6 Å². The lowest BCUT2D eigenvalue weighted by molar-refractivity contribution is -0.130. The largest absolute Gasteiger partial charge is 0.339 e. The molecule has 1 fully saturated rings. The van der Waals surface area contributed by atoms with Gasteiger partial charge in [0.25, 0.3) is 0 Å². The van der Waals surface area contributed by atoms with Crippen LogP contribution in [0.25, 0.3) is 5.52 Å². The SMILES string of the molecule is Cn1cnc(Nc2nc(N3CCN(C(=O)Cc4c(F)cc(C=O)cc4F)CC3)nn3cccc23)c1. The first-order valence-electron chi connectivity index (χ1n) is 11.0. The molecular formula is C23H22F2N8O2. The Bertz CT molecular complexity index is 1380. The van der Waals surface area contributed by atoms with Gasteiger partial charge in [-0.05, 0) is 24.3 Å². The van der Waals surface area contributed by atoms with Crippen molar-refractivity contribution in [3.63, 3.8) is 0 Å². The molecule has 0 spiro atoms. The molecule has 5 rings (SSSR count). The van der Waals surface area contributed by atoms with Gasteiger partial charge in [0, 0.05) is 56.7 Å². The zero-order chi connectivity index (χ0) is 24.5. The summed E-state index contributed by atoms with van der Waals surface area (Å²) in [6.07, 6.45) is 5.29. The first-order valence-corrected chi connectivity index (χ1v) is 11.0. The summed E-state index contributed by atoms with van der Waals surface area (Å²) < 4.78 is 31.9. The highest BCUT2D eigenvalue weighted by Gasteiger charge is 2.25. The number of carbonyl (C=O) groups excluding carboxylic acids is 2. The van der Waals surface area contributed by atoms with Crippen molar-refractivity contribution in [2.75, 3.05) is 36.4 Å². The van der Waals surface area contributed by atoms with Crippen LogP contribution in [0.2, 0.25) is 0 Å². The second kappa shape index (κ2) is 9.12. The highest BCUT2D eigenvalue weighted by molar-refractivity contribution is 5.80. The minimum atomic E-state index is -0.902. The second-order valence-electron chi connectivity index (χ2n) is 8.27. The van der Waals surface area contributed by atoms with Crippen LogP contribution in [0.3, 0.4) is 0 Å². The Morgan fingerprint density at radius 3 is 2.57 bits per heavy atom. The Hall–Kier alpha value is -4.35. The maximum atomic E-state index is 14.2. The Labute approximate surface area is 198 Å². The fraction of sp³-hybridized carbons (Fsp3) is 0.261. The number of anilines is 3. The van der Waals surface area contributed by atoms with Crippen LogP contribution >= 0.6 is 0 Å². The number of amides is 1. The summed E-state index contributed by atoms with van der Waals surface area (Å²) in [7, 11) is 1.88. The van der Waals surface area contributed by atoms with Crippen LogP contribution in [-0.4, -0.2) is 67.4 Å². The Morgan fingerprint density at radius 1 is 1.17 bits per heavy atom. The van der Waals surface area contributed by atoms with E-state index in [9.17, 15) is 18.4 Å². The number of carbonyl (C=O) groups is 2. The number of imidazole rings is 1. The molecule has 12 heteroatoms. The molecule has 4 aromatic rings. The highest BCUT2D eigenvalue weighted by atomic mass is 19.1. The number of aldehydes is 1. The first kappa shape index (κ1) is 22.4. The van der Waals surface area contributed by atoms with Crippen molar-refractivity contribution in [1.29, 1.82) is 0 Å². The fourth-order valence-electron chi connectivity index (χ4n) is 4.03. The van der Waals surface area contributed by atoms with Gasteiger partial charge < -0.3 is 19.7 Å². The van der Waals surface area contributed by atoms with Gasteiger partial charge >= 0.3 is 0 Å². The van der Waals surface area contributed by atoms with Crippen LogP contribution < -0.4 is 10.2 Å². The summed E-state index contributed by atoms with van der Waals surface area (Å²) in [5.41, 5.74) is 0.342. The molecule has 3 aromatic heterocycles. The van der Waals surface area contributed by atoms with E-state index in [2.05, 4.69) is 20.4 Å². The normalized spacial score (nSPS) is 13.9. The lowest BCUT2D eigenvalue weighted by Crippen LogP contribution is -2.50. The van der Waals surface area contributed by atoms with Gasteiger partial charge in [0.2, 0.25) is 11.9 Å². The smallest absolute Gasteiger partial charge is 0.245 e. The van der Waals surface area contributed by atoms with Gasteiger partial charge in [-0.3, -0.25) is 9.59 Å². The van der Waals surface area contributed by atoms with Crippen molar-refractivity contribution in [2.24, 2.45) is 7.05 Å². The molecule has 1 amide bonds. The molecule has 0 aliphatic carbocycles. The summed E-state index contributed by atoms with van der Waals surface area (Å²) >= 11 is 0. The Morgan fingerprint density at radius 2 is 1.91 bits per heavy atom. The van der Waals surface area contributed by atoms with Crippen LogP contribution in [-0.2, 0) is 18.3 Å². The highest BCUT2D eigenvalue weighted by Crippen LogP contribution is 2.23. The van der Waals surface area contributed by atoms with E-state index in [-0.39, 0.29) is 17.0 Å². The zero-order valence-corrected chi connectivity index (χ0v) is 18.9. The molecule has 1 aliphatic heterocycles. The number of rotatable bonds is 6. The minimum absolute atomic E-state index is 0.110. The molecule has 0 radical (unpaired) electrons. The molecule has 1 aromatic carbocycles. The average molecular weight is 480 g/mol. The van der Waals surface area contributed by atoms with Crippen molar-refractivity contribution < 1.29 is 18.4 Å². The summed E-state index contributed by atoms with van der Waals surface area (Å²) in [5.74, 6) is -0.458. The summed E-state index contributed by atoms with van der Waals surface area (Å²) in [6, 6.07) is 5.63. The van der Waals surface area contributed by atoms with E-state index in [1.165, 1.54) is 0 Å². The monoisotopic (exact) mass is 480 g/mol. The van der Waals surface area contributed by atoms with Gasteiger partial charge in [-0.1, -0.05) is 0 Å². The zero-order valence-electron chi connectivity index (χ0n) is 18.9. The number of aryl methyl sites for hydroxylation is 1. The van der Waals surface area contributed by atoms with Gasteiger partial charge in [-0.2, -0.15) is 4.98 Å². The summed E-state index contributed by atoms with van der Waals surface area (Å²) in [5, 5.41) is 7.80. The third-order valence-electron chi connectivity index (χ3n) is 5.87. The predicted molar refractivity (Wildman–Crippen MR) is 124 cm³/mol. The molecule has 1 N–H and O–H groups in total. The molecule has 1 aliphatic rings. The van der Waals surface area contributed by atoms with Gasteiger partial charge in [-0.15, -0.1) is 5.10 Å². The molecular weight excluding hydrogens is 458 g/mol. The maximum absolute atomic E-state index is 14.2. The van der Waals surface area contributed by atoms with Crippen LogP contribution in [0, 0.1) is 11.6 Å². The summed E-state index contributed by atoms with van der Waals surface area (Å²) in [6.45, 7) is 1.61. The van der Waals surface area contributed by atoms with Crippen LogP contribution in [0.4, 0.5) is 26.4 Å². The Balaban J connectivity index is 1.28. The van der Waals surface area contributed by atoms with Crippen molar-refractivity contribution in [3.8, 4) is 0 Å². The molecule has 0 bridgehead atoms. The second-order valence-corrected chi connectivity index (χ2v) is 8.27. The number of nitrogens with one attached hydrogen (secondary N) is 1. The topological polar surface area (TPSA) is 101 Å². The third kappa shape index (κ3) is 4.54. The summed E-state index contributed by atoms with van der Waals surface area (Å²) in [4.78, 5) is 36.0. The molecule has 4 heterocycles. The predicted octanol–water partition coefficient (Wildman–Crippen LogP) is 2.19. The molecule has 180 valence electrons. The van der Waals surface area contributed by atoms with Gasteiger partial charge in [0.1, 0.15) is 29.3 Å². The number of fused-ring (bicyclic) bond motifs is 1. The molecule has 0 atom stereocenters. The van der Waals surface area contributed by atoms with E-state index < -0.39 is 18.1 Å². The molecule has 10 nitrogen and oxygen atoms in total. The lowest BCUT2D eigenvalue weighted by Gasteiger charge is -2.35. The number of piperazine rings is 1. The van der Waals surface area contributed by atoms with Crippen LogP contribution in [0.15, 0.2) is 43.0 Å². The number of benzene rings is 1. The molecule has 35 heavy (non-hydrogen) atoms. The van der Waals surface area contributed by atoms with E-state index in [4.69, 9.17) is 0 Å². The number of halogens is 2. The van der Waals surface area contributed by atoms with Crippen LogP contribution in [0.5, 0.6) is 0 Å². The molecule has 0 unspecified atom stereocenters. The van der Waals surface area contributed by atoms with E-state index >= 15 is 0 Å². The fourth-order valence-corrected chi connectivity index (χ4v) is 4.03. The van der Waals surface area contributed by atoms with Gasteiger partial charge in [0.15, 0.2) is 5.82 Å². The van der Waals surface area contributed by atoms with E-state index in [1.807, 2.05) is 41.0 Å².